The van der Waals surface area contributed by atoms with Crippen molar-refractivity contribution in [2.75, 3.05) is 31.1 Å². The second-order valence-electron chi connectivity index (χ2n) is 13.3. The average Bonchev–Trinajstić information content (AvgIpc) is 3.07. The van der Waals surface area contributed by atoms with Gasteiger partial charge in [-0.05, 0) is 56.2 Å². The number of piperazine rings is 1. The number of nitrogens with one attached hydrogen (secondary N) is 1. The van der Waals surface area contributed by atoms with Gasteiger partial charge in [-0.3, -0.25) is 18.8 Å². The molecule has 4 aromatic rings. The van der Waals surface area contributed by atoms with Crippen molar-refractivity contribution in [3.05, 3.63) is 133 Å². The Kier molecular flexibility index (Phi) is 11.0. The third kappa shape index (κ3) is 9.23. The largest absolute Gasteiger partial charge is 0.444 e. The van der Waals surface area contributed by atoms with Crippen LogP contribution in [0.3, 0.4) is 0 Å². The standard InChI is InChI=1S/C37H38F4N6O4/c1-36(2,3)51-34(49)43-31(27-11-5-4-6-12-27)23-47-33(48)32(45-17-15-44(16-18-45)21-26-10-7-9-25(19-26)20-42)24-46(35(47)50)22-28-29(37(39,40)41)13-8-14-30(28)38/h4-14,19,24,31H,15-18,21-23H2,1-3H3,(H,43,49). The number of alkyl halides is 3. The molecule has 268 valence electrons. The number of carbonyl (C=O) groups is 1. The smallest absolute Gasteiger partial charge is 0.416 e. The molecule has 0 radical (unpaired) electrons. The highest BCUT2D eigenvalue weighted by molar-refractivity contribution is 5.68. The van der Waals surface area contributed by atoms with E-state index < -0.39 is 65.2 Å². The molecule has 1 aromatic heterocycles. The van der Waals surface area contributed by atoms with Gasteiger partial charge in [0, 0.05) is 44.5 Å². The first-order valence-corrected chi connectivity index (χ1v) is 16.3. The summed E-state index contributed by atoms with van der Waals surface area (Å²) in [5.74, 6) is -1.15. The Hall–Kier alpha value is -5.42. The van der Waals surface area contributed by atoms with Gasteiger partial charge in [0.2, 0.25) is 0 Å². The topological polar surface area (TPSA) is 113 Å². The van der Waals surface area contributed by atoms with Gasteiger partial charge in [-0.2, -0.15) is 18.4 Å². The molecule has 0 bridgehead atoms. The van der Waals surface area contributed by atoms with E-state index >= 15 is 4.39 Å². The van der Waals surface area contributed by atoms with Crippen LogP contribution in [0.2, 0.25) is 0 Å². The van der Waals surface area contributed by atoms with Crippen molar-refractivity contribution in [3.8, 4) is 6.07 Å². The van der Waals surface area contributed by atoms with E-state index in [-0.39, 0.29) is 5.69 Å². The van der Waals surface area contributed by atoms with Crippen molar-refractivity contribution in [2.45, 2.75) is 58.2 Å². The molecule has 0 saturated carbocycles. The van der Waals surface area contributed by atoms with Crippen molar-refractivity contribution < 1.29 is 27.1 Å². The molecule has 1 saturated heterocycles. The van der Waals surface area contributed by atoms with E-state index in [1.165, 1.54) is 6.20 Å². The molecule has 14 heteroatoms. The minimum absolute atomic E-state index is 0.0368. The van der Waals surface area contributed by atoms with Gasteiger partial charge >= 0.3 is 18.0 Å². The lowest BCUT2D eigenvalue weighted by molar-refractivity contribution is -0.138. The SMILES string of the molecule is CC(C)(C)OC(=O)NC(Cn1c(=O)c(N2CCN(Cc3cccc(C#N)c3)CC2)cn(Cc2c(F)cccc2C(F)(F)F)c1=O)c1ccccc1. The number of benzene rings is 3. The number of nitriles is 1. The molecular formula is C37H38F4N6O4. The lowest BCUT2D eigenvalue weighted by atomic mass is 10.1. The van der Waals surface area contributed by atoms with Gasteiger partial charge in [0.1, 0.15) is 17.1 Å². The first-order chi connectivity index (χ1) is 24.1. The predicted molar refractivity (Wildman–Crippen MR) is 183 cm³/mol. The van der Waals surface area contributed by atoms with E-state index in [4.69, 9.17) is 4.74 Å². The highest BCUT2D eigenvalue weighted by Crippen LogP contribution is 2.33. The van der Waals surface area contributed by atoms with E-state index in [0.29, 0.717) is 43.9 Å². The van der Waals surface area contributed by atoms with Crippen molar-refractivity contribution in [1.82, 2.24) is 19.4 Å². The molecule has 1 aliphatic rings. The average molecular weight is 707 g/mol. The second-order valence-corrected chi connectivity index (χ2v) is 13.3. The highest BCUT2D eigenvalue weighted by Gasteiger charge is 2.35. The van der Waals surface area contributed by atoms with Crippen LogP contribution in [0, 0.1) is 17.1 Å². The molecule has 1 N–H and O–H groups in total. The number of anilines is 1. The molecule has 2 heterocycles. The maximum Gasteiger partial charge on any atom is 0.416 e. The summed E-state index contributed by atoms with van der Waals surface area (Å²) in [4.78, 5) is 45.0. The number of aromatic nitrogens is 2. The molecule has 0 aliphatic carbocycles. The van der Waals surface area contributed by atoms with Crippen LogP contribution in [0.1, 0.15) is 54.6 Å². The minimum Gasteiger partial charge on any atom is -0.444 e. The monoisotopic (exact) mass is 706 g/mol. The molecule has 1 aliphatic heterocycles. The Morgan fingerprint density at radius 1 is 0.941 bits per heavy atom. The van der Waals surface area contributed by atoms with Crippen molar-refractivity contribution >= 4 is 11.8 Å². The summed E-state index contributed by atoms with van der Waals surface area (Å²) >= 11 is 0. The first-order valence-electron chi connectivity index (χ1n) is 16.3. The van der Waals surface area contributed by atoms with Crippen LogP contribution in [-0.2, 0) is 30.5 Å². The third-order valence-corrected chi connectivity index (χ3v) is 8.41. The number of nitrogens with zero attached hydrogens (tertiary/aromatic N) is 5. The number of alkyl carbamates (subject to hydrolysis) is 1. The number of rotatable bonds is 9. The van der Waals surface area contributed by atoms with Crippen LogP contribution in [-0.4, -0.2) is 51.9 Å². The molecule has 10 nitrogen and oxygen atoms in total. The van der Waals surface area contributed by atoms with Crippen molar-refractivity contribution in [1.29, 1.82) is 5.26 Å². The Labute approximate surface area is 292 Å². The maximum atomic E-state index is 15.0. The number of hydrogen-bond donors (Lipinski definition) is 1. The van der Waals surface area contributed by atoms with E-state index in [1.54, 1.807) is 74.2 Å². The summed E-state index contributed by atoms with van der Waals surface area (Å²) in [6.45, 7) is 6.03. The molecule has 51 heavy (non-hydrogen) atoms. The number of halogens is 4. The summed E-state index contributed by atoms with van der Waals surface area (Å²) in [6.07, 6.45) is -4.53. The van der Waals surface area contributed by atoms with Gasteiger partial charge in [-0.15, -0.1) is 0 Å². The van der Waals surface area contributed by atoms with Gasteiger partial charge in [0.15, 0.2) is 0 Å². The molecular weight excluding hydrogens is 668 g/mol. The van der Waals surface area contributed by atoms with E-state index in [9.17, 15) is 32.8 Å². The Balaban J connectivity index is 1.54. The molecule has 1 fully saturated rings. The van der Waals surface area contributed by atoms with Gasteiger partial charge in [-0.25, -0.2) is 14.0 Å². The second kappa shape index (κ2) is 15.2. The number of amides is 1. The molecule has 0 spiro atoms. The van der Waals surface area contributed by atoms with Crippen LogP contribution >= 0.6 is 0 Å². The van der Waals surface area contributed by atoms with Crippen molar-refractivity contribution in [3.63, 3.8) is 0 Å². The number of ether oxygens (including phenoxy) is 1. The first kappa shape index (κ1) is 36.9. The molecule has 1 amide bonds. The zero-order valence-electron chi connectivity index (χ0n) is 28.4. The normalized spacial score (nSPS) is 14.5. The number of carbonyl (C=O) groups excluding carboxylic acids is 1. The molecule has 5 rings (SSSR count). The summed E-state index contributed by atoms with van der Waals surface area (Å²) in [5.41, 5.74) is -2.50. The fourth-order valence-electron chi connectivity index (χ4n) is 5.98. The van der Waals surface area contributed by atoms with Crippen LogP contribution in [0.15, 0.2) is 88.6 Å². The predicted octanol–water partition coefficient (Wildman–Crippen LogP) is 5.68. The molecule has 3 aromatic carbocycles. The van der Waals surface area contributed by atoms with Crippen LogP contribution in [0.5, 0.6) is 0 Å². The fourth-order valence-corrected chi connectivity index (χ4v) is 5.98. The Morgan fingerprint density at radius 2 is 1.63 bits per heavy atom. The van der Waals surface area contributed by atoms with E-state index in [0.717, 1.165) is 32.9 Å². The van der Waals surface area contributed by atoms with Gasteiger partial charge < -0.3 is 15.0 Å². The van der Waals surface area contributed by atoms with E-state index in [1.807, 2.05) is 6.07 Å². The minimum atomic E-state index is -4.91. The van der Waals surface area contributed by atoms with Crippen LogP contribution in [0.25, 0.3) is 0 Å². The molecule has 1 unspecified atom stereocenters. The molecule has 1 atom stereocenters. The Morgan fingerprint density at radius 3 is 2.27 bits per heavy atom. The quantitative estimate of drug-likeness (QED) is 0.223. The van der Waals surface area contributed by atoms with E-state index in [2.05, 4.69) is 16.3 Å². The summed E-state index contributed by atoms with van der Waals surface area (Å²) in [7, 11) is 0. The van der Waals surface area contributed by atoms with Gasteiger partial charge in [0.25, 0.3) is 5.56 Å². The lowest BCUT2D eigenvalue weighted by Crippen LogP contribution is -2.51. The summed E-state index contributed by atoms with van der Waals surface area (Å²) in [6, 6.07) is 19.5. The summed E-state index contributed by atoms with van der Waals surface area (Å²) < 4.78 is 64.2. The zero-order chi connectivity index (χ0) is 36.9. The van der Waals surface area contributed by atoms with Crippen LogP contribution in [0.4, 0.5) is 28.0 Å². The Bertz CT molecular complexity index is 2020. The van der Waals surface area contributed by atoms with Gasteiger partial charge in [-0.1, -0.05) is 48.5 Å². The zero-order valence-corrected chi connectivity index (χ0v) is 28.4. The van der Waals surface area contributed by atoms with Gasteiger partial charge in [0.05, 0.1) is 36.3 Å². The van der Waals surface area contributed by atoms with Crippen LogP contribution < -0.4 is 21.5 Å². The third-order valence-electron chi connectivity index (χ3n) is 8.41. The highest BCUT2D eigenvalue weighted by atomic mass is 19.4. The maximum absolute atomic E-state index is 15.0. The number of hydrogen-bond acceptors (Lipinski definition) is 7. The van der Waals surface area contributed by atoms with Crippen molar-refractivity contribution in [2.24, 2.45) is 0 Å². The lowest BCUT2D eigenvalue weighted by Gasteiger charge is -2.36. The summed E-state index contributed by atoms with van der Waals surface area (Å²) in [5, 5.41) is 12.0. The fraction of sp³-hybridized carbons (Fsp3) is 0.351.